The van der Waals surface area contributed by atoms with E-state index in [1.165, 1.54) is 23.5 Å². The van der Waals surface area contributed by atoms with E-state index in [0.717, 1.165) is 44.8 Å². The maximum atomic E-state index is 13.9. The molecule has 0 spiro atoms. The van der Waals surface area contributed by atoms with E-state index >= 15 is 0 Å². The van der Waals surface area contributed by atoms with Gasteiger partial charge in [0.15, 0.2) is 10.3 Å². The fraction of sp³-hybridized carbons (Fsp3) is 0.318. The number of aryl methyl sites for hydroxylation is 6. The normalized spacial score (nSPS) is 18.3. The number of nitrogens with one attached hydrogen (secondary N) is 2. The Morgan fingerprint density at radius 2 is 0.911 bits per heavy atom. The Labute approximate surface area is 337 Å². The van der Waals surface area contributed by atoms with Crippen molar-refractivity contribution in [3.8, 4) is 0 Å². The van der Waals surface area contributed by atoms with Crippen LogP contribution in [0.15, 0.2) is 94.9 Å². The highest BCUT2D eigenvalue weighted by Gasteiger charge is 2.41. The van der Waals surface area contributed by atoms with Crippen molar-refractivity contribution < 1.29 is 19.2 Å². The Morgan fingerprint density at radius 3 is 1.25 bits per heavy atom. The fourth-order valence-corrected chi connectivity index (χ4v) is 9.47. The van der Waals surface area contributed by atoms with Gasteiger partial charge in [0.25, 0.3) is 0 Å². The summed E-state index contributed by atoms with van der Waals surface area (Å²) in [4.78, 5) is 67.3. The molecular formula is C44H48N6O4S2. The van der Waals surface area contributed by atoms with Gasteiger partial charge in [-0.1, -0.05) is 95.3 Å². The lowest BCUT2D eigenvalue weighted by Gasteiger charge is -2.19. The van der Waals surface area contributed by atoms with E-state index in [1.807, 2.05) is 126 Å². The molecule has 290 valence electrons. The van der Waals surface area contributed by atoms with Crippen LogP contribution in [-0.2, 0) is 19.2 Å². The lowest BCUT2D eigenvalue weighted by atomic mass is 10.0. The molecule has 0 unspecified atom stereocenters. The minimum Gasteiger partial charge on any atom is -0.326 e. The number of amides is 4. The quantitative estimate of drug-likeness (QED) is 0.131. The standard InChI is InChI=1S/C44H48N6O4S2/c1-27-21-29(3)39(30(4)22-27)47-37(51)25-35-41(53)49(43(55-35)45-33-15-9-7-10-16-33)19-13-14-20-50-42(54)36(56-44(50)46-34-17-11-8-12-18-34)26-38(52)48-40-31(5)23-28(2)24-32(40)6/h7-12,15-18,21-24,35-36H,13-14,19-20,25-26H2,1-6H3,(H,47,51)(H,48,52)/t35-,36-/m1/s1. The van der Waals surface area contributed by atoms with Crippen LogP contribution in [0.4, 0.5) is 22.7 Å². The van der Waals surface area contributed by atoms with Gasteiger partial charge in [-0.3, -0.25) is 29.0 Å². The smallest absolute Gasteiger partial charge is 0.242 e. The summed E-state index contributed by atoms with van der Waals surface area (Å²) in [6.45, 7) is 12.6. The van der Waals surface area contributed by atoms with E-state index in [2.05, 4.69) is 10.6 Å². The third kappa shape index (κ3) is 9.96. The number of anilines is 2. The van der Waals surface area contributed by atoms with Crippen LogP contribution in [0.5, 0.6) is 0 Å². The van der Waals surface area contributed by atoms with Gasteiger partial charge < -0.3 is 10.6 Å². The second kappa shape index (κ2) is 18.2. The SMILES string of the molecule is Cc1cc(C)c(NC(=O)C[C@H]2SC(=Nc3ccccc3)N(CCCCN3C(=O)[C@@H](CC(=O)Nc4c(C)cc(C)cc4C)SC3=Nc3ccccc3)C2=O)c(C)c1. The van der Waals surface area contributed by atoms with E-state index in [4.69, 9.17) is 9.98 Å². The zero-order chi connectivity index (χ0) is 39.9. The number of benzene rings is 4. The maximum absolute atomic E-state index is 13.9. The van der Waals surface area contributed by atoms with Crippen molar-refractivity contribution in [1.82, 2.24) is 9.80 Å². The second-order valence-corrected chi connectivity index (χ2v) is 16.8. The predicted octanol–water partition coefficient (Wildman–Crippen LogP) is 8.94. The molecule has 2 aliphatic rings. The summed E-state index contributed by atoms with van der Waals surface area (Å²) in [5.74, 6) is -0.785. The van der Waals surface area contributed by atoms with Crippen LogP contribution >= 0.6 is 23.5 Å². The molecule has 0 aromatic heterocycles. The summed E-state index contributed by atoms with van der Waals surface area (Å²) in [6.07, 6.45) is 1.17. The van der Waals surface area contributed by atoms with E-state index in [0.29, 0.717) is 47.6 Å². The molecule has 2 atom stereocenters. The number of unbranched alkanes of at least 4 members (excludes halogenated alkanes) is 1. The summed E-state index contributed by atoms with van der Waals surface area (Å²) < 4.78 is 0. The van der Waals surface area contributed by atoms with Gasteiger partial charge in [0.05, 0.1) is 11.4 Å². The highest BCUT2D eigenvalue weighted by molar-refractivity contribution is 8.15. The molecule has 2 N–H and O–H groups in total. The molecule has 6 rings (SSSR count). The first-order valence-corrected chi connectivity index (χ1v) is 20.6. The first-order valence-electron chi connectivity index (χ1n) is 18.8. The molecule has 12 heteroatoms. The first-order chi connectivity index (χ1) is 26.9. The van der Waals surface area contributed by atoms with Crippen LogP contribution < -0.4 is 10.6 Å². The average molecular weight is 789 g/mol. The van der Waals surface area contributed by atoms with E-state index in [1.54, 1.807) is 9.80 Å². The topological polar surface area (TPSA) is 124 Å². The summed E-state index contributed by atoms with van der Waals surface area (Å²) in [6, 6.07) is 27.0. The van der Waals surface area contributed by atoms with Crippen molar-refractivity contribution in [1.29, 1.82) is 0 Å². The number of amidine groups is 2. The Morgan fingerprint density at radius 1 is 0.571 bits per heavy atom. The molecule has 56 heavy (non-hydrogen) atoms. The van der Waals surface area contributed by atoms with Gasteiger partial charge >= 0.3 is 0 Å². The minimum absolute atomic E-state index is 0.0113. The van der Waals surface area contributed by atoms with Crippen molar-refractivity contribution in [3.63, 3.8) is 0 Å². The van der Waals surface area contributed by atoms with Crippen LogP contribution in [0, 0.1) is 41.5 Å². The number of rotatable bonds is 13. The second-order valence-electron chi connectivity index (χ2n) is 14.4. The zero-order valence-corrected chi connectivity index (χ0v) is 34.4. The van der Waals surface area contributed by atoms with Crippen LogP contribution in [0.1, 0.15) is 59.1 Å². The van der Waals surface area contributed by atoms with Gasteiger partial charge in [0.2, 0.25) is 23.6 Å². The van der Waals surface area contributed by atoms with Gasteiger partial charge in [0, 0.05) is 37.3 Å². The summed E-state index contributed by atoms with van der Waals surface area (Å²) >= 11 is 2.61. The number of thioether (sulfide) groups is 2. The molecule has 4 amide bonds. The van der Waals surface area contributed by atoms with E-state index < -0.39 is 10.5 Å². The molecule has 0 bridgehead atoms. The molecule has 10 nitrogen and oxygen atoms in total. The fourth-order valence-electron chi connectivity index (χ4n) is 7.10. The number of hydrogen-bond donors (Lipinski definition) is 2. The zero-order valence-electron chi connectivity index (χ0n) is 32.7. The molecular weight excluding hydrogens is 741 g/mol. The van der Waals surface area contributed by atoms with E-state index in [-0.39, 0.29) is 36.5 Å². The number of carbonyl (C=O) groups is 4. The molecule has 0 aliphatic carbocycles. The van der Waals surface area contributed by atoms with E-state index in [9.17, 15) is 19.2 Å². The number of para-hydroxylation sites is 2. The summed E-state index contributed by atoms with van der Waals surface area (Å²) in [5, 5.41) is 5.93. The lowest BCUT2D eigenvalue weighted by Crippen LogP contribution is -2.36. The monoisotopic (exact) mass is 788 g/mol. The maximum Gasteiger partial charge on any atom is 0.242 e. The minimum atomic E-state index is -0.621. The lowest BCUT2D eigenvalue weighted by molar-refractivity contribution is -0.128. The molecule has 2 saturated heterocycles. The van der Waals surface area contributed by atoms with Crippen LogP contribution in [0.3, 0.4) is 0 Å². The van der Waals surface area contributed by atoms with Gasteiger partial charge in [-0.05, 0) is 101 Å². The summed E-state index contributed by atoms with van der Waals surface area (Å²) in [7, 11) is 0. The van der Waals surface area contributed by atoms with Crippen molar-refractivity contribution in [2.75, 3.05) is 23.7 Å². The third-order valence-corrected chi connectivity index (χ3v) is 12.0. The van der Waals surface area contributed by atoms with Gasteiger partial charge in [0.1, 0.15) is 10.5 Å². The van der Waals surface area contributed by atoms with Crippen molar-refractivity contribution >= 4 is 80.2 Å². The predicted molar refractivity (Wildman–Crippen MR) is 230 cm³/mol. The highest BCUT2D eigenvalue weighted by Crippen LogP contribution is 2.35. The molecule has 0 radical (unpaired) electrons. The highest BCUT2D eigenvalue weighted by atomic mass is 32.2. The largest absolute Gasteiger partial charge is 0.326 e. The molecule has 4 aromatic carbocycles. The van der Waals surface area contributed by atoms with Crippen molar-refractivity contribution in [3.05, 3.63) is 118 Å². The van der Waals surface area contributed by atoms with Crippen molar-refractivity contribution in [2.45, 2.75) is 77.7 Å². The Bertz CT molecular complexity index is 1990. The number of aliphatic imine (C=N–C) groups is 2. The molecule has 2 aliphatic heterocycles. The number of nitrogens with zero attached hydrogens (tertiary/aromatic N) is 4. The van der Waals surface area contributed by atoms with Crippen LogP contribution in [0.25, 0.3) is 0 Å². The van der Waals surface area contributed by atoms with Crippen LogP contribution in [0.2, 0.25) is 0 Å². The van der Waals surface area contributed by atoms with Gasteiger partial charge in [-0.2, -0.15) is 0 Å². The van der Waals surface area contributed by atoms with Gasteiger partial charge in [-0.15, -0.1) is 0 Å². The summed E-state index contributed by atoms with van der Waals surface area (Å²) in [5.41, 5.74) is 9.12. The Kier molecular flexibility index (Phi) is 13.1. The van der Waals surface area contributed by atoms with Crippen LogP contribution in [-0.4, -0.2) is 67.4 Å². The van der Waals surface area contributed by atoms with Crippen molar-refractivity contribution in [2.24, 2.45) is 9.98 Å². The molecule has 0 saturated carbocycles. The van der Waals surface area contributed by atoms with Gasteiger partial charge in [-0.25, -0.2) is 9.98 Å². The first kappa shape index (κ1) is 40.5. The third-order valence-electron chi connectivity index (χ3n) is 9.64. The Balaban J connectivity index is 1.13. The number of hydrogen-bond acceptors (Lipinski definition) is 8. The molecule has 2 heterocycles. The Hall–Kier alpha value is -5.20. The molecule has 4 aromatic rings. The average Bonchev–Trinajstić information content (AvgIpc) is 3.59. The molecule has 2 fully saturated rings. The number of carbonyl (C=O) groups excluding carboxylic acids is 4.